The SMILES string of the molecule is C#CCn1c(=NC(=O)c2ccc(S(C)(=O)=O)cc2)sc2cc3c(cc21)OCO3. The van der Waals surface area contributed by atoms with Crippen LogP contribution in [0.15, 0.2) is 46.3 Å². The second-order valence-corrected chi connectivity index (χ2v) is 9.09. The second-order valence-electron chi connectivity index (χ2n) is 6.06. The van der Waals surface area contributed by atoms with E-state index in [0.717, 1.165) is 16.5 Å². The quantitative estimate of drug-likeness (QED) is 0.614. The van der Waals surface area contributed by atoms with Crippen molar-refractivity contribution in [2.24, 2.45) is 4.99 Å². The summed E-state index contributed by atoms with van der Waals surface area (Å²) in [5, 5.41) is 0. The molecular weight excluding hydrogens is 400 g/mol. The highest BCUT2D eigenvalue weighted by Crippen LogP contribution is 2.36. The van der Waals surface area contributed by atoms with E-state index in [-0.39, 0.29) is 23.8 Å². The number of ether oxygens (including phenoxy) is 2. The minimum absolute atomic E-state index is 0.142. The van der Waals surface area contributed by atoms with Gasteiger partial charge in [0.05, 0.1) is 21.7 Å². The maximum absolute atomic E-state index is 12.6. The molecule has 0 saturated heterocycles. The smallest absolute Gasteiger partial charge is 0.279 e. The van der Waals surface area contributed by atoms with Gasteiger partial charge in [-0.05, 0) is 24.3 Å². The van der Waals surface area contributed by atoms with E-state index in [9.17, 15) is 13.2 Å². The van der Waals surface area contributed by atoms with Crippen LogP contribution in [-0.2, 0) is 16.4 Å². The number of thiazole rings is 1. The van der Waals surface area contributed by atoms with Gasteiger partial charge < -0.3 is 14.0 Å². The van der Waals surface area contributed by atoms with Gasteiger partial charge in [0.15, 0.2) is 26.1 Å². The molecule has 9 heteroatoms. The molecule has 142 valence electrons. The molecule has 0 N–H and O–H groups in total. The van der Waals surface area contributed by atoms with Crippen molar-refractivity contribution in [3.8, 4) is 23.8 Å². The van der Waals surface area contributed by atoms with Crippen molar-refractivity contribution < 1.29 is 22.7 Å². The van der Waals surface area contributed by atoms with Crippen LogP contribution in [0.4, 0.5) is 0 Å². The highest BCUT2D eigenvalue weighted by Gasteiger charge is 2.18. The minimum Gasteiger partial charge on any atom is -0.454 e. The van der Waals surface area contributed by atoms with Crippen LogP contribution in [0.1, 0.15) is 10.4 Å². The van der Waals surface area contributed by atoms with Crippen molar-refractivity contribution in [1.29, 1.82) is 0 Å². The van der Waals surface area contributed by atoms with Gasteiger partial charge in [-0.2, -0.15) is 4.99 Å². The molecule has 0 saturated carbocycles. The Morgan fingerprint density at radius 2 is 1.93 bits per heavy atom. The average molecular weight is 414 g/mol. The summed E-state index contributed by atoms with van der Waals surface area (Å²) in [4.78, 5) is 17.4. The summed E-state index contributed by atoms with van der Waals surface area (Å²) in [6, 6.07) is 9.31. The fraction of sp³-hybridized carbons (Fsp3) is 0.158. The van der Waals surface area contributed by atoms with Crippen LogP contribution >= 0.6 is 11.3 Å². The van der Waals surface area contributed by atoms with Crippen molar-refractivity contribution in [1.82, 2.24) is 4.57 Å². The molecule has 0 radical (unpaired) electrons. The summed E-state index contributed by atoms with van der Waals surface area (Å²) >= 11 is 1.31. The molecule has 2 aromatic carbocycles. The summed E-state index contributed by atoms with van der Waals surface area (Å²) < 4.78 is 36.5. The molecular formula is C19H14N2O5S2. The van der Waals surface area contributed by atoms with E-state index in [1.807, 2.05) is 12.1 Å². The summed E-state index contributed by atoms with van der Waals surface area (Å²) in [6.45, 7) is 0.402. The number of carbonyl (C=O) groups is 1. The molecule has 3 aromatic rings. The number of rotatable bonds is 3. The van der Waals surface area contributed by atoms with Crippen molar-refractivity contribution in [2.45, 2.75) is 11.4 Å². The van der Waals surface area contributed by atoms with Crippen LogP contribution in [0.5, 0.6) is 11.5 Å². The number of amides is 1. The molecule has 0 aliphatic carbocycles. The van der Waals surface area contributed by atoms with Crippen LogP contribution in [0.25, 0.3) is 10.2 Å². The lowest BCUT2D eigenvalue weighted by molar-refractivity contribution is 0.0998. The predicted octanol–water partition coefficient (Wildman–Crippen LogP) is 2.21. The van der Waals surface area contributed by atoms with Crippen LogP contribution in [0.3, 0.4) is 0 Å². The number of carbonyl (C=O) groups excluding carboxylic acids is 1. The normalized spacial score (nSPS) is 13.6. The lowest BCUT2D eigenvalue weighted by Crippen LogP contribution is -2.16. The maximum Gasteiger partial charge on any atom is 0.279 e. The lowest BCUT2D eigenvalue weighted by Gasteiger charge is -2.02. The highest BCUT2D eigenvalue weighted by molar-refractivity contribution is 7.90. The molecule has 1 aliphatic rings. The molecule has 0 unspecified atom stereocenters. The van der Waals surface area contributed by atoms with Crippen molar-refractivity contribution >= 4 is 37.3 Å². The van der Waals surface area contributed by atoms with E-state index in [0.29, 0.717) is 16.3 Å². The molecule has 0 fully saturated rings. The Kier molecular flexibility index (Phi) is 4.45. The molecule has 0 spiro atoms. The third kappa shape index (κ3) is 3.28. The number of fused-ring (bicyclic) bond motifs is 2. The third-order valence-corrected chi connectivity index (χ3v) is 6.32. The number of benzene rings is 2. The van der Waals surface area contributed by atoms with Crippen molar-refractivity contribution in [3.63, 3.8) is 0 Å². The first kappa shape index (κ1) is 18.3. The Bertz CT molecular complexity index is 1310. The van der Waals surface area contributed by atoms with Crippen LogP contribution < -0.4 is 14.3 Å². The predicted molar refractivity (Wildman–Crippen MR) is 104 cm³/mol. The van der Waals surface area contributed by atoms with Gasteiger partial charge in [0, 0.05) is 24.0 Å². The van der Waals surface area contributed by atoms with Crippen molar-refractivity contribution in [2.75, 3.05) is 13.0 Å². The van der Waals surface area contributed by atoms with Gasteiger partial charge in [-0.3, -0.25) is 4.79 Å². The van der Waals surface area contributed by atoms with E-state index in [2.05, 4.69) is 10.9 Å². The Morgan fingerprint density at radius 3 is 2.57 bits per heavy atom. The standard InChI is InChI=1S/C19H14N2O5S2/c1-3-8-21-14-9-15-16(26-11-25-15)10-17(14)27-19(21)20-18(22)12-4-6-13(7-5-12)28(2,23)24/h1,4-7,9-10H,8,11H2,2H3. The zero-order valence-corrected chi connectivity index (χ0v) is 16.3. The van der Waals surface area contributed by atoms with Gasteiger partial charge in [-0.15, -0.1) is 6.42 Å². The lowest BCUT2D eigenvalue weighted by atomic mass is 10.2. The van der Waals surface area contributed by atoms with Crippen LogP contribution in [0, 0.1) is 12.3 Å². The molecule has 28 heavy (non-hydrogen) atoms. The Morgan fingerprint density at radius 1 is 1.25 bits per heavy atom. The molecule has 4 rings (SSSR count). The van der Waals surface area contributed by atoms with E-state index in [1.165, 1.54) is 35.6 Å². The number of hydrogen-bond donors (Lipinski definition) is 0. The topological polar surface area (TPSA) is 87.0 Å². The fourth-order valence-electron chi connectivity index (χ4n) is 2.79. The summed E-state index contributed by atoms with van der Waals surface area (Å²) in [5.41, 5.74) is 1.08. The van der Waals surface area contributed by atoms with E-state index >= 15 is 0 Å². The molecule has 1 amide bonds. The summed E-state index contributed by atoms with van der Waals surface area (Å²) in [6.07, 6.45) is 6.60. The zero-order valence-electron chi connectivity index (χ0n) is 14.7. The zero-order chi connectivity index (χ0) is 19.9. The Balaban J connectivity index is 1.79. The van der Waals surface area contributed by atoms with Gasteiger partial charge in [-0.25, -0.2) is 8.42 Å². The summed E-state index contributed by atoms with van der Waals surface area (Å²) in [5.74, 6) is 3.33. The van der Waals surface area contributed by atoms with Gasteiger partial charge in [0.1, 0.15) is 0 Å². The highest BCUT2D eigenvalue weighted by atomic mass is 32.2. The Labute approximate surface area is 164 Å². The second kappa shape index (κ2) is 6.82. The van der Waals surface area contributed by atoms with E-state index in [4.69, 9.17) is 15.9 Å². The van der Waals surface area contributed by atoms with E-state index < -0.39 is 15.7 Å². The molecule has 2 heterocycles. The van der Waals surface area contributed by atoms with Gasteiger partial charge in [0.2, 0.25) is 6.79 Å². The molecule has 0 atom stereocenters. The molecule has 0 bridgehead atoms. The largest absolute Gasteiger partial charge is 0.454 e. The molecule has 7 nitrogen and oxygen atoms in total. The number of nitrogens with zero attached hydrogens (tertiary/aromatic N) is 2. The number of hydrogen-bond acceptors (Lipinski definition) is 6. The minimum atomic E-state index is -3.33. The van der Waals surface area contributed by atoms with Gasteiger partial charge in [-0.1, -0.05) is 17.3 Å². The number of aromatic nitrogens is 1. The first-order valence-electron chi connectivity index (χ1n) is 8.12. The summed E-state index contributed by atoms with van der Waals surface area (Å²) in [7, 11) is -3.33. The average Bonchev–Trinajstić information content (AvgIpc) is 3.24. The van der Waals surface area contributed by atoms with Crippen LogP contribution in [-0.4, -0.2) is 31.9 Å². The van der Waals surface area contributed by atoms with Gasteiger partial charge >= 0.3 is 0 Å². The van der Waals surface area contributed by atoms with E-state index in [1.54, 1.807) is 4.57 Å². The number of terminal acetylenes is 1. The first-order chi connectivity index (χ1) is 13.4. The van der Waals surface area contributed by atoms with Crippen molar-refractivity contribution in [3.05, 3.63) is 46.8 Å². The first-order valence-corrected chi connectivity index (χ1v) is 10.8. The third-order valence-electron chi connectivity index (χ3n) is 4.15. The fourth-order valence-corrected chi connectivity index (χ4v) is 4.45. The van der Waals surface area contributed by atoms with Gasteiger partial charge in [0.25, 0.3) is 5.91 Å². The van der Waals surface area contributed by atoms with Crippen LogP contribution in [0.2, 0.25) is 0 Å². The molecule has 1 aromatic heterocycles. The molecule has 1 aliphatic heterocycles. The number of sulfone groups is 1. The monoisotopic (exact) mass is 414 g/mol. The maximum atomic E-state index is 12.6. The Hall–Kier alpha value is -3.09.